The summed E-state index contributed by atoms with van der Waals surface area (Å²) >= 11 is 0. The van der Waals surface area contributed by atoms with E-state index in [2.05, 4.69) is 52.2 Å². The van der Waals surface area contributed by atoms with Crippen LogP contribution in [0.4, 0.5) is 5.69 Å². The third-order valence-corrected chi connectivity index (χ3v) is 6.71. The van der Waals surface area contributed by atoms with Gasteiger partial charge in [-0.2, -0.15) is 0 Å². The van der Waals surface area contributed by atoms with Crippen molar-refractivity contribution in [2.24, 2.45) is 5.92 Å². The van der Waals surface area contributed by atoms with Crippen LogP contribution in [0.15, 0.2) is 18.2 Å². The number of piperazine rings is 1. The fourth-order valence-electron chi connectivity index (χ4n) is 5.07. The van der Waals surface area contributed by atoms with Crippen molar-refractivity contribution >= 4 is 5.69 Å². The van der Waals surface area contributed by atoms with Gasteiger partial charge in [0.1, 0.15) is 0 Å². The molecule has 0 radical (unpaired) electrons. The molecule has 1 aromatic rings. The van der Waals surface area contributed by atoms with Gasteiger partial charge in [-0.15, -0.1) is 0 Å². The van der Waals surface area contributed by atoms with Crippen molar-refractivity contribution in [1.29, 1.82) is 0 Å². The summed E-state index contributed by atoms with van der Waals surface area (Å²) in [6.07, 6.45) is 4.12. The lowest BCUT2D eigenvalue weighted by atomic mass is 9.86. The lowest BCUT2D eigenvalue weighted by molar-refractivity contribution is 0.148. The van der Waals surface area contributed by atoms with Gasteiger partial charge in [-0.3, -0.25) is 4.90 Å². The van der Waals surface area contributed by atoms with Crippen molar-refractivity contribution in [2.45, 2.75) is 38.6 Å². The minimum absolute atomic E-state index is 0.724. The van der Waals surface area contributed by atoms with Gasteiger partial charge >= 0.3 is 0 Å². The topological polar surface area (TPSA) is 21.8 Å². The molecule has 2 saturated heterocycles. The average molecular weight is 357 g/mol. The van der Waals surface area contributed by atoms with Gasteiger partial charge in [0.05, 0.1) is 0 Å². The van der Waals surface area contributed by atoms with E-state index in [1.54, 1.807) is 5.56 Å². The Kier molecular flexibility index (Phi) is 5.82. The monoisotopic (exact) mass is 356 g/mol. The van der Waals surface area contributed by atoms with Crippen molar-refractivity contribution in [2.75, 3.05) is 64.3 Å². The van der Waals surface area contributed by atoms with Crippen LogP contribution >= 0.6 is 0 Å². The number of benzene rings is 1. The Hall–Kier alpha value is -1.10. The lowest BCUT2D eigenvalue weighted by Gasteiger charge is -2.32. The number of nitrogens with zero attached hydrogens (tertiary/aromatic N) is 3. The lowest BCUT2D eigenvalue weighted by Crippen LogP contribution is -2.43. The highest BCUT2D eigenvalue weighted by molar-refractivity contribution is 5.61. The van der Waals surface area contributed by atoms with Gasteiger partial charge < -0.3 is 15.1 Å². The first-order chi connectivity index (χ1) is 12.7. The maximum atomic E-state index is 3.60. The van der Waals surface area contributed by atoms with Gasteiger partial charge in [-0.1, -0.05) is 12.1 Å². The highest BCUT2D eigenvalue weighted by Crippen LogP contribution is 2.41. The Morgan fingerprint density at radius 1 is 1.15 bits per heavy atom. The van der Waals surface area contributed by atoms with Crippen LogP contribution in [0.2, 0.25) is 0 Å². The summed E-state index contributed by atoms with van der Waals surface area (Å²) in [4.78, 5) is 7.65. The van der Waals surface area contributed by atoms with E-state index in [1.165, 1.54) is 76.3 Å². The van der Waals surface area contributed by atoms with E-state index in [9.17, 15) is 0 Å². The molecule has 4 heteroatoms. The molecule has 4 rings (SSSR count). The first-order valence-electron chi connectivity index (χ1n) is 10.7. The standard InChI is InChI=1S/C22H36N4/c1-3-26-17-20(13-18-5-4-8-23-15-18)21-14-19(6-7-22(21)26)16-25-11-9-24(2)10-12-25/h6-7,14,18,20,23H,3-5,8-13,15-17H2,1-2H3. The molecule has 0 bridgehead atoms. The zero-order valence-electron chi connectivity index (χ0n) is 16.7. The van der Waals surface area contributed by atoms with Crippen LogP contribution in [0.3, 0.4) is 0 Å². The fourth-order valence-corrected chi connectivity index (χ4v) is 5.07. The maximum Gasteiger partial charge on any atom is 0.0402 e. The summed E-state index contributed by atoms with van der Waals surface area (Å²) in [5, 5.41) is 3.60. The number of piperidine rings is 1. The highest BCUT2D eigenvalue weighted by Gasteiger charge is 2.30. The van der Waals surface area contributed by atoms with E-state index in [1.807, 2.05) is 0 Å². The van der Waals surface area contributed by atoms with E-state index in [0.29, 0.717) is 0 Å². The van der Waals surface area contributed by atoms with E-state index in [0.717, 1.165) is 24.9 Å². The number of hydrogen-bond donors (Lipinski definition) is 1. The molecule has 0 amide bonds. The molecule has 0 aliphatic carbocycles. The zero-order valence-corrected chi connectivity index (χ0v) is 16.7. The van der Waals surface area contributed by atoms with Gasteiger partial charge in [0.2, 0.25) is 0 Å². The average Bonchev–Trinajstić information content (AvgIpc) is 3.01. The van der Waals surface area contributed by atoms with Crippen LogP contribution in [-0.4, -0.2) is 69.2 Å². The molecular weight excluding hydrogens is 320 g/mol. The van der Waals surface area contributed by atoms with Crippen molar-refractivity contribution in [3.8, 4) is 0 Å². The summed E-state index contributed by atoms with van der Waals surface area (Å²) in [5.41, 5.74) is 4.64. The molecule has 3 heterocycles. The number of hydrogen-bond acceptors (Lipinski definition) is 4. The number of nitrogens with one attached hydrogen (secondary N) is 1. The molecule has 144 valence electrons. The second-order valence-electron chi connectivity index (χ2n) is 8.66. The number of anilines is 1. The van der Waals surface area contributed by atoms with Crippen molar-refractivity contribution in [3.63, 3.8) is 0 Å². The number of rotatable bonds is 5. The van der Waals surface area contributed by atoms with Crippen LogP contribution in [0.25, 0.3) is 0 Å². The SMILES string of the molecule is CCN1CC(CC2CCCNC2)c2cc(CN3CCN(C)CC3)ccc21. The Bertz CT molecular complexity index is 588. The van der Waals surface area contributed by atoms with Crippen LogP contribution in [0.1, 0.15) is 43.2 Å². The summed E-state index contributed by atoms with van der Waals surface area (Å²) in [6, 6.07) is 7.33. The molecule has 0 aromatic heterocycles. The second kappa shape index (κ2) is 8.28. The predicted octanol–water partition coefficient (Wildman–Crippen LogP) is 2.75. The Morgan fingerprint density at radius 3 is 2.73 bits per heavy atom. The molecular formula is C22H36N4. The first kappa shape index (κ1) is 18.3. The molecule has 4 nitrogen and oxygen atoms in total. The molecule has 1 aromatic carbocycles. The fraction of sp³-hybridized carbons (Fsp3) is 0.727. The largest absolute Gasteiger partial charge is 0.371 e. The Balaban J connectivity index is 1.47. The number of fused-ring (bicyclic) bond motifs is 1. The van der Waals surface area contributed by atoms with Crippen LogP contribution in [0.5, 0.6) is 0 Å². The van der Waals surface area contributed by atoms with Crippen LogP contribution in [0, 0.1) is 5.92 Å². The van der Waals surface area contributed by atoms with Crippen LogP contribution < -0.4 is 10.2 Å². The van der Waals surface area contributed by atoms with E-state index >= 15 is 0 Å². The van der Waals surface area contributed by atoms with Gasteiger partial charge in [-0.25, -0.2) is 0 Å². The highest BCUT2D eigenvalue weighted by atomic mass is 15.2. The summed E-state index contributed by atoms with van der Waals surface area (Å²) in [6.45, 7) is 13.0. The summed E-state index contributed by atoms with van der Waals surface area (Å²) < 4.78 is 0. The quantitative estimate of drug-likeness (QED) is 0.876. The van der Waals surface area contributed by atoms with Gasteiger partial charge in [0.25, 0.3) is 0 Å². The van der Waals surface area contributed by atoms with Crippen LogP contribution in [-0.2, 0) is 6.54 Å². The molecule has 3 aliphatic heterocycles. The minimum atomic E-state index is 0.724. The molecule has 2 unspecified atom stereocenters. The van der Waals surface area contributed by atoms with Gasteiger partial charge in [0.15, 0.2) is 0 Å². The Labute approximate surface area is 159 Å². The van der Waals surface area contributed by atoms with E-state index < -0.39 is 0 Å². The first-order valence-corrected chi connectivity index (χ1v) is 10.7. The second-order valence-corrected chi connectivity index (χ2v) is 8.66. The molecule has 3 aliphatic rings. The molecule has 1 N–H and O–H groups in total. The normalized spacial score (nSPS) is 27.7. The van der Waals surface area contributed by atoms with Crippen molar-refractivity contribution in [1.82, 2.24) is 15.1 Å². The summed E-state index contributed by atoms with van der Waals surface area (Å²) in [5.74, 6) is 1.59. The molecule has 2 atom stereocenters. The third kappa shape index (κ3) is 4.08. The molecule has 26 heavy (non-hydrogen) atoms. The predicted molar refractivity (Wildman–Crippen MR) is 110 cm³/mol. The summed E-state index contributed by atoms with van der Waals surface area (Å²) in [7, 11) is 2.23. The van der Waals surface area contributed by atoms with Crippen molar-refractivity contribution < 1.29 is 0 Å². The minimum Gasteiger partial charge on any atom is -0.371 e. The Morgan fingerprint density at radius 2 is 2.00 bits per heavy atom. The maximum absolute atomic E-state index is 3.60. The molecule has 0 spiro atoms. The number of likely N-dealkylation sites (N-methyl/N-ethyl adjacent to an activating group) is 2. The van der Waals surface area contributed by atoms with E-state index in [-0.39, 0.29) is 0 Å². The van der Waals surface area contributed by atoms with Gasteiger partial charge in [-0.05, 0) is 69.4 Å². The van der Waals surface area contributed by atoms with Gasteiger partial charge in [0, 0.05) is 57.4 Å². The molecule has 0 saturated carbocycles. The zero-order chi connectivity index (χ0) is 17.9. The van der Waals surface area contributed by atoms with Crippen molar-refractivity contribution in [3.05, 3.63) is 29.3 Å². The smallest absolute Gasteiger partial charge is 0.0402 e. The third-order valence-electron chi connectivity index (χ3n) is 6.71. The molecule has 2 fully saturated rings. The van der Waals surface area contributed by atoms with E-state index in [4.69, 9.17) is 0 Å².